The second kappa shape index (κ2) is 10.00. The van der Waals surface area contributed by atoms with Crippen LogP contribution in [0.2, 0.25) is 0 Å². The van der Waals surface area contributed by atoms with Crippen molar-refractivity contribution in [3.63, 3.8) is 0 Å². The number of nitrogens with zero attached hydrogens (tertiary/aromatic N) is 3. The van der Waals surface area contributed by atoms with Gasteiger partial charge in [-0.15, -0.1) is 0 Å². The van der Waals surface area contributed by atoms with Crippen LogP contribution in [0.25, 0.3) is 16.6 Å². The van der Waals surface area contributed by atoms with Gasteiger partial charge in [0.05, 0.1) is 22.6 Å². The van der Waals surface area contributed by atoms with E-state index in [-0.39, 0.29) is 11.5 Å². The zero-order valence-electron chi connectivity index (χ0n) is 19.7. The van der Waals surface area contributed by atoms with Gasteiger partial charge < -0.3 is 4.90 Å². The summed E-state index contributed by atoms with van der Waals surface area (Å²) in [4.78, 5) is 33.8. The van der Waals surface area contributed by atoms with Crippen molar-refractivity contribution in [2.45, 2.75) is 39.7 Å². The summed E-state index contributed by atoms with van der Waals surface area (Å²) in [6.45, 7) is 6.41. The Kier molecular flexibility index (Phi) is 6.87. The molecule has 1 atom stereocenters. The number of amides is 1. The summed E-state index contributed by atoms with van der Waals surface area (Å²) < 4.78 is 15.1. The zero-order chi connectivity index (χ0) is 24.2. The molecule has 0 radical (unpaired) electrons. The number of unbranched alkanes of at least 4 members (excludes halogenated alkanes) is 1. The van der Waals surface area contributed by atoms with Crippen LogP contribution in [0.15, 0.2) is 77.6 Å². The van der Waals surface area contributed by atoms with Crippen LogP contribution in [0.1, 0.15) is 54.5 Å². The summed E-state index contributed by atoms with van der Waals surface area (Å²) in [7, 11) is 0. The van der Waals surface area contributed by atoms with E-state index in [4.69, 9.17) is 4.98 Å². The lowest BCUT2D eigenvalue weighted by atomic mass is 10.1. The maximum absolute atomic E-state index is 13.7. The van der Waals surface area contributed by atoms with E-state index in [2.05, 4.69) is 6.92 Å². The minimum Gasteiger partial charge on any atom is -0.329 e. The average Bonchev–Trinajstić information content (AvgIpc) is 2.84. The van der Waals surface area contributed by atoms with Crippen LogP contribution in [-0.4, -0.2) is 26.9 Å². The molecule has 0 aliphatic rings. The van der Waals surface area contributed by atoms with Gasteiger partial charge in [-0.3, -0.25) is 14.2 Å². The second-order valence-corrected chi connectivity index (χ2v) is 8.50. The molecule has 4 rings (SSSR count). The molecule has 0 aliphatic heterocycles. The molecule has 0 saturated carbocycles. The van der Waals surface area contributed by atoms with Gasteiger partial charge in [-0.05, 0) is 74.4 Å². The Morgan fingerprint density at radius 3 is 2.50 bits per heavy atom. The molecule has 0 bridgehead atoms. The molecular weight excluding hydrogens is 429 g/mol. The first kappa shape index (κ1) is 23.4. The highest BCUT2D eigenvalue weighted by Gasteiger charge is 2.27. The molecule has 5 nitrogen and oxygen atoms in total. The summed E-state index contributed by atoms with van der Waals surface area (Å²) in [5.74, 6) is -0.130. The summed E-state index contributed by atoms with van der Waals surface area (Å²) in [5, 5.41) is 0.518. The van der Waals surface area contributed by atoms with Crippen molar-refractivity contribution in [1.82, 2.24) is 14.5 Å². The number of hydrogen-bond acceptors (Lipinski definition) is 3. The standard InChI is InChI=1S/C28H28FN3O2/c1-4-5-17-31(27(33)21-13-15-22(29)16-14-21)20(3)26-30-25-12-7-6-11-24(25)28(34)32(26)23-10-8-9-19(2)18-23/h6-16,18,20H,4-5,17H2,1-3H3. The Morgan fingerprint density at radius 2 is 1.79 bits per heavy atom. The molecule has 6 heteroatoms. The maximum atomic E-state index is 13.7. The van der Waals surface area contributed by atoms with Crippen molar-refractivity contribution in [2.75, 3.05) is 6.54 Å². The number of para-hydroxylation sites is 1. The summed E-state index contributed by atoms with van der Waals surface area (Å²) in [6, 6.07) is 20.0. The Labute approximate surface area is 198 Å². The Morgan fingerprint density at radius 1 is 1.06 bits per heavy atom. The first-order valence-electron chi connectivity index (χ1n) is 11.6. The molecule has 3 aromatic carbocycles. The van der Waals surface area contributed by atoms with E-state index >= 15 is 0 Å². The molecule has 1 unspecified atom stereocenters. The third-order valence-corrected chi connectivity index (χ3v) is 6.01. The number of fused-ring (bicyclic) bond motifs is 1. The lowest BCUT2D eigenvalue weighted by Crippen LogP contribution is -2.38. The van der Waals surface area contributed by atoms with Crippen molar-refractivity contribution in [2.24, 2.45) is 0 Å². The number of hydrogen-bond donors (Lipinski definition) is 0. The molecule has 0 saturated heterocycles. The summed E-state index contributed by atoms with van der Waals surface area (Å²) in [6.07, 6.45) is 1.69. The van der Waals surface area contributed by atoms with E-state index in [0.717, 1.165) is 18.4 Å². The van der Waals surface area contributed by atoms with Crippen LogP contribution in [0.4, 0.5) is 4.39 Å². The monoisotopic (exact) mass is 457 g/mol. The molecule has 1 amide bonds. The fourth-order valence-electron chi connectivity index (χ4n) is 4.14. The quantitative estimate of drug-likeness (QED) is 0.350. The highest BCUT2D eigenvalue weighted by atomic mass is 19.1. The van der Waals surface area contributed by atoms with Crippen molar-refractivity contribution < 1.29 is 9.18 Å². The number of aryl methyl sites for hydroxylation is 1. The molecule has 1 aromatic heterocycles. The SMILES string of the molecule is CCCCN(C(=O)c1ccc(F)cc1)C(C)c1nc2ccccc2c(=O)n1-c1cccc(C)c1. The first-order chi connectivity index (χ1) is 16.4. The van der Waals surface area contributed by atoms with Gasteiger partial charge >= 0.3 is 0 Å². The molecule has 0 fully saturated rings. The van der Waals surface area contributed by atoms with E-state index in [9.17, 15) is 14.0 Å². The van der Waals surface area contributed by atoms with Crippen molar-refractivity contribution in [3.8, 4) is 5.69 Å². The van der Waals surface area contributed by atoms with Crippen molar-refractivity contribution in [3.05, 3.63) is 106 Å². The van der Waals surface area contributed by atoms with Gasteiger partial charge in [-0.1, -0.05) is 37.6 Å². The fraction of sp³-hybridized carbons (Fsp3) is 0.250. The largest absolute Gasteiger partial charge is 0.329 e. The van der Waals surface area contributed by atoms with Crippen LogP contribution >= 0.6 is 0 Å². The fourth-order valence-corrected chi connectivity index (χ4v) is 4.14. The van der Waals surface area contributed by atoms with Gasteiger partial charge in [0.25, 0.3) is 11.5 Å². The van der Waals surface area contributed by atoms with Gasteiger partial charge in [0, 0.05) is 12.1 Å². The minimum absolute atomic E-state index is 0.178. The minimum atomic E-state index is -0.498. The molecular formula is C28H28FN3O2. The third kappa shape index (κ3) is 4.62. The normalized spacial score (nSPS) is 12.0. The van der Waals surface area contributed by atoms with Crippen LogP contribution in [-0.2, 0) is 0 Å². The molecule has 4 aromatic rings. The van der Waals surface area contributed by atoms with Crippen LogP contribution in [0.5, 0.6) is 0 Å². The number of carbonyl (C=O) groups excluding carboxylic acids is 1. The molecule has 1 heterocycles. The summed E-state index contributed by atoms with van der Waals surface area (Å²) >= 11 is 0. The molecule has 34 heavy (non-hydrogen) atoms. The predicted octanol–water partition coefficient (Wildman–Crippen LogP) is 5.84. The van der Waals surface area contributed by atoms with E-state index in [1.807, 2.05) is 56.3 Å². The lowest BCUT2D eigenvalue weighted by Gasteiger charge is -2.30. The van der Waals surface area contributed by atoms with E-state index in [1.165, 1.54) is 24.3 Å². The smallest absolute Gasteiger partial charge is 0.266 e. The van der Waals surface area contributed by atoms with Crippen LogP contribution in [0, 0.1) is 12.7 Å². The van der Waals surface area contributed by atoms with Gasteiger partial charge in [0.15, 0.2) is 0 Å². The molecule has 0 N–H and O–H groups in total. The number of rotatable bonds is 7. The van der Waals surface area contributed by atoms with Crippen LogP contribution in [0.3, 0.4) is 0 Å². The average molecular weight is 458 g/mol. The van der Waals surface area contributed by atoms with Crippen molar-refractivity contribution >= 4 is 16.8 Å². The number of aromatic nitrogens is 2. The van der Waals surface area contributed by atoms with Crippen molar-refractivity contribution in [1.29, 1.82) is 0 Å². The lowest BCUT2D eigenvalue weighted by molar-refractivity contribution is 0.0678. The topological polar surface area (TPSA) is 55.2 Å². The Hall–Kier alpha value is -3.80. The molecule has 0 aliphatic carbocycles. The van der Waals surface area contributed by atoms with E-state index in [1.54, 1.807) is 15.5 Å². The summed E-state index contributed by atoms with van der Waals surface area (Å²) in [5.41, 5.74) is 2.52. The van der Waals surface area contributed by atoms with Gasteiger partial charge in [0.1, 0.15) is 11.6 Å². The number of carbonyl (C=O) groups is 1. The van der Waals surface area contributed by atoms with E-state index in [0.29, 0.717) is 34.5 Å². The molecule has 0 spiro atoms. The second-order valence-electron chi connectivity index (χ2n) is 8.50. The molecule has 174 valence electrons. The maximum Gasteiger partial charge on any atom is 0.266 e. The van der Waals surface area contributed by atoms with Gasteiger partial charge in [-0.25, -0.2) is 9.37 Å². The van der Waals surface area contributed by atoms with Gasteiger partial charge in [0.2, 0.25) is 0 Å². The first-order valence-corrected chi connectivity index (χ1v) is 11.6. The number of benzene rings is 3. The highest BCUT2D eigenvalue weighted by Crippen LogP contribution is 2.25. The third-order valence-electron chi connectivity index (χ3n) is 6.01. The van der Waals surface area contributed by atoms with Gasteiger partial charge in [-0.2, -0.15) is 0 Å². The zero-order valence-corrected chi connectivity index (χ0v) is 19.7. The highest BCUT2D eigenvalue weighted by molar-refractivity contribution is 5.94. The van der Waals surface area contributed by atoms with E-state index < -0.39 is 11.9 Å². The Balaban J connectivity index is 1.90. The Bertz CT molecular complexity index is 1380. The van der Waals surface area contributed by atoms with Crippen LogP contribution < -0.4 is 5.56 Å². The number of halogens is 1. The predicted molar refractivity (Wildman–Crippen MR) is 133 cm³/mol.